The van der Waals surface area contributed by atoms with Crippen LogP contribution in [0.3, 0.4) is 0 Å². The van der Waals surface area contributed by atoms with E-state index in [0.717, 1.165) is 51.0 Å². The monoisotopic (exact) mass is 265 g/mol. The molecule has 1 fully saturated rings. The maximum atomic E-state index is 11.5. The van der Waals surface area contributed by atoms with E-state index >= 15 is 0 Å². The van der Waals surface area contributed by atoms with Gasteiger partial charge in [0, 0.05) is 19.8 Å². The molecule has 2 rings (SSSR count). The molecule has 1 saturated heterocycles. The molecule has 0 unspecified atom stereocenters. The van der Waals surface area contributed by atoms with E-state index in [9.17, 15) is 9.90 Å². The zero-order valence-corrected chi connectivity index (χ0v) is 11.8. The van der Waals surface area contributed by atoms with E-state index in [1.807, 2.05) is 19.3 Å². The summed E-state index contributed by atoms with van der Waals surface area (Å²) in [5, 5.41) is 13.8. The quantitative estimate of drug-likeness (QED) is 0.883. The van der Waals surface area contributed by atoms with Crippen molar-refractivity contribution < 1.29 is 9.90 Å². The van der Waals surface area contributed by atoms with E-state index in [0.29, 0.717) is 0 Å². The average molecular weight is 265 g/mol. The highest BCUT2D eigenvalue weighted by Crippen LogP contribution is 2.36. The molecule has 1 N–H and O–H groups in total. The van der Waals surface area contributed by atoms with Gasteiger partial charge in [-0.05, 0) is 38.4 Å². The fraction of sp³-hybridized carbons (Fsp3) is 0.714. The van der Waals surface area contributed by atoms with Gasteiger partial charge in [-0.15, -0.1) is 0 Å². The van der Waals surface area contributed by atoms with E-state index in [1.54, 1.807) is 4.68 Å². The lowest BCUT2D eigenvalue weighted by atomic mass is 9.75. The Labute approximate surface area is 114 Å². The Morgan fingerprint density at radius 2 is 2.16 bits per heavy atom. The van der Waals surface area contributed by atoms with Gasteiger partial charge in [-0.1, -0.05) is 13.3 Å². The Morgan fingerprint density at radius 1 is 1.47 bits per heavy atom. The number of hydrogen-bond acceptors (Lipinski definition) is 3. The molecule has 1 aliphatic heterocycles. The summed E-state index contributed by atoms with van der Waals surface area (Å²) < 4.78 is 1.80. The molecule has 0 atom stereocenters. The third-order valence-electron chi connectivity index (χ3n) is 4.15. The predicted molar refractivity (Wildman–Crippen MR) is 72.7 cm³/mol. The highest BCUT2D eigenvalue weighted by molar-refractivity contribution is 5.74. The van der Waals surface area contributed by atoms with Crippen LogP contribution >= 0.6 is 0 Å². The fourth-order valence-electron chi connectivity index (χ4n) is 2.97. The molecule has 106 valence electrons. The first-order valence-corrected chi connectivity index (χ1v) is 7.00. The molecule has 1 aromatic heterocycles. The van der Waals surface area contributed by atoms with Gasteiger partial charge in [-0.3, -0.25) is 14.4 Å². The van der Waals surface area contributed by atoms with Crippen molar-refractivity contribution in [2.24, 2.45) is 12.5 Å². The summed E-state index contributed by atoms with van der Waals surface area (Å²) in [5.41, 5.74) is 0.566. The summed E-state index contributed by atoms with van der Waals surface area (Å²) >= 11 is 0. The van der Waals surface area contributed by atoms with Gasteiger partial charge in [-0.2, -0.15) is 5.10 Å². The summed E-state index contributed by atoms with van der Waals surface area (Å²) in [7, 11) is 1.91. The van der Waals surface area contributed by atoms with E-state index in [-0.39, 0.29) is 0 Å². The number of likely N-dealkylation sites (tertiary alicyclic amines) is 1. The van der Waals surface area contributed by atoms with E-state index in [1.165, 1.54) is 0 Å². The minimum atomic E-state index is -0.619. The Hall–Kier alpha value is -1.36. The van der Waals surface area contributed by atoms with Crippen molar-refractivity contribution in [1.29, 1.82) is 0 Å². The van der Waals surface area contributed by atoms with Crippen LogP contribution in [0.5, 0.6) is 0 Å². The normalized spacial score (nSPS) is 19.5. The standard InChI is InChI=1S/C14H23N3O2/c1-3-5-14(13(18)19)6-9-17(10-7-14)11-12-4-8-16(2)15-12/h4,8H,3,5-7,9-11H2,1-2H3,(H,18,19). The van der Waals surface area contributed by atoms with Crippen LogP contribution in [-0.4, -0.2) is 38.8 Å². The smallest absolute Gasteiger partial charge is 0.309 e. The second kappa shape index (κ2) is 5.74. The highest BCUT2D eigenvalue weighted by Gasteiger charge is 2.40. The van der Waals surface area contributed by atoms with Crippen molar-refractivity contribution in [2.75, 3.05) is 13.1 Å². The van der Waals surface area contributed by atoms with Gasteiger partial charge in [-0.25, -0.2) is 0 Å². The largest absolute Gasteiger partial charge is 0.481 e. The van der Waals surface area contributed by atoms with Crippen LogP contribution in [-0.2, 0) is 18.4 Å². The fourth-order valence-corrected chi connectivity index (χ4v) is 2.97. The number of aromatic nitrogens is 2. The molecule has 5 nitrogen and oxygen atoms in total. The minimum absolute atomic E-state index is 0.491. The molecule has 1 aromatic rings. The number of hydrogen-bond donors (Lipinski definition) is 1. The van der Waals surface area contributed by atoms with Gasteiger partial charge in [0.2, 0.25) is 0 Å². The first kappa shape index (κ1) is 14.1. The van der Waals surface area contributed by atoms with Crippen molar-refractivity contribution in [3.05, 3.63) is 18.0 Å². The average Bonchev–Trinajstić information content (AvgIpc) is 2.77. The van der Waals surface area contributed by atoms with Crippen LogP contribution in [0.4, 0.5) is 0 Å². The molecule has 0 aromatic carbocycles. The van der Waals surface area contributed by atoms with E-state index < -0.39 is 11.4 Å². The number of carboxylic acid groups (broad SMARTS) is 1. The second-order valence-electron chi connectivity index (χ2n) is 5.59. The maximum absolute atomic E-state index is 11.5. The molecular weight excluding hydrogens is 242 g/mol. The van der Waals surface area contributed by atoms with Gasteiger partial charge in [0.15, 0.2) is 0 Å². The number of rotatable bonds is 5. The number of nitrogens with zero attached hydrogens (tertiary/aromatic N) is 3. The third-order valence-corrected chi connectivity index (χ3v) is 4.15. The highest BCUT2D eigenvalue weighted by atomic mass is 16.4. The molecular formula is C14H23N3O2. The lowest BCUT2D eigenvalue weighted by molar-refractivity contribution is -0.152. The van der Waals surface area contributed by atoms with Crippen LogP contribution < -0.4 is 0 Å². The molecule has 0 amide bonds. The van der Waals surface area contributed by atoms with Gasteiger partial charge in [0.05, 0.1) is 11.1 Å². The van der Waals surface area contributed by atoms with Crippen molar-refractivity contribution in [2.45, 2.75) is 39.2 Å². The Morgan fingerprint density at radius 3 is 2.63 bits per heavy atom. The topological polar surface area (TPSA) is 58.4 Å². The predicted octanol–water partition coefficient (Wildman–Crippen LogP) is 1.89. The lowest BCUT2D eigenvalue weighted by Crippen LogP contribution is -2.44. The number of carboxylic acids is 1. The summed E-state index contributed by atoms with van der Waals surface area (Å²) in [6.07, 6.45) is 5.18. The molecule has 2 heterocycles. The molecule has 1 aliphatic rings. The first-order chi connectivity index (χ1) is 9.05. The number of piperidine rings is 1. The summed E-state index contributed by atoms with van der Waals surface area (Å²) in [6, 6.07) is 2.02. The van der Waals surface area contributed by atoms with Crippen molar-refractivity contribution in [3.8, 4) is 0 Å². The van der Waals surface area contributed by atoms with Gasteiger partial charge < -0.3 is 5.11 Å². The summed E-state index contributed by atoms with van der Waals surface area (Å²) in [6.45, 7) is 4.58. The first-order valence-electron chi connectivity index (χ1n) is 7.00. The Balaban J connectivity index is 1.92. The van der Waals surface area contributed by atoms with Crippen molar-refractivity contribution >= 4 is 5.97 Å². The van der Waals surface area contributed by atoms with Crippen LogP contribution in [0, 0.1) is 5.41 Å². The van der Waals surface area contributed by atoms with Crippen molar-refractivity contribution in [1.82, 2.24) is 14.7 Å². The minimum Gasteiger partial charge on any atom is -0.481 e. The lowest BCUT2D eigenvalue weighted by Gasteiger charge is -2.38. The second-order valence-corrected chi connectivity index (χ2v) is 5.59. The molecule has 0 bridgehead atoms. The number of carbonyl (C=O) groups is 1. The number of aliphatic carboxylic acids is 1. The van der Waals surface area contributed by atoms with Crippen molar-refractivity contribution in [3.63, 3.8) is 0 Å². The van der Waals surface area contributed by atoms with E-state index in [4.69, 9.17) is 0 Å². The van der Waals surface area contributed by atoms with Gasteiger partial charge in [0.1, 0.15) is 0 Å². The van der Waals surface area contributed by atoms with Gasteiger partial charge in [0.25, 0.3) is 0 Å². The van der Waals surface area contributed by atoms with Crippen LogP contribution in [0.15, 0.2) is 12.3 Å². The summed E-state index contributed by atoms with van der Waals surface area (Å²) in [4.78, 5) is 13.8. The SMILES string of the molecule is CCCC1(C(=O)O)CCN(Cc2ccn(C)n2)CC1. The van der Waals surface area contributed by atoms with Crippen LogP contribution in [0.2, 0.25) is 0 Å². The maximum Gasteiger partial charge on any atom is 0.309 e. The Bertz CT molecular complexity index is 434. The Kier molecular flexibility index (Phi) is 4.24. The molecule has 0 saturated carbocycles. The van der Waals surface area contributed by atoms with Crippen LogP contribution in [0.1, 0.15) is 38.3 Å². The number of aryl methyl sites for hydroxylation is 1. The zero-order chi connectivity index (χ0) is 13.9. The summed E-state index contributed by atoms with van der Waals surface area (Å²) in [5.74, 6) is -0.619. The molecule has 5 heteroatoms. The molecule has 0 radical (unpaired) electrons. The van der Waals surface area contributed by atoms with Gasteiger partial charge >= 0.3 is 5.97 Å². The molecule has 0 spiro atoms. The molecule has 0 aliphatic carbocycles. The third kappa shape index (κ3) is 3.15. The zero-order valence-electron chi connectivity index (χ0n) is 11.8. The van der Waals surface area contributed by atoms with Crippen LogP contribution in [0.25, 0.3) is 0 Å². The molecule has 19 heavy (non-hydrogen) atoms. The van der Waals surface area contributed by atoms with E-state index in [2.05, 4.69) is 16.9 Å².